The van der Waals surface area contributed by atoms with Crippen LogP contribution in [0.4, 0.5) is 5.69 Å². The van der Waals surface area contributed by atoms with Gasteiger partial charge in [-0.1, -0.05) is 12.8 Å². The van der Waals surface area contributed by atoms with Gasteiger partial charge in [-0.3, -0.25) is 0 Å². The number of anilines is 1. The Bertz CT molecular complexity index is 447. The molecule has 3 heteroatoms. The maximum Gasteiger partial charge on any atom is 0.119 e. The van der Waals surface area contributed by atoms with E-state index in [0.29, 0.717) is 5.41 Å². The van der Waals surface area contributed by atoms with Crippen molar-refractivity contribution in [2.45, 2.75) is 44.6 Å². The Kier molecular flexibility index (Phi) is 4.39. The summed E-state index contributed by atoms with van der Waals surface area (Å²) in [6.45, 7) is 2.34. The zero-order valence-corrected chi connectivity index (χ0v) is 13.4. The highest BCUT2D eigenvalue weighted by molar-refractivity contribution is 5.48. The van der Waals surface area contributed by atoms with Crippen molar-refractivity contribution in [1.82, 2.24) is 5.32 Å². The second kappa shape index (κ2) is 6.27. The maximum absolute atomic E-state index is 5.25. The van der Waals surface area contributed by atoms with E-state index >= 15 is 0 Å². The molecule has 1 aromatic rings. The minimum absolute atomic E-state index is 0.470. The summed E-state index contributed by atoms with van der Waals surface area (Å²) in [5.74, 6) is 0.929. The van der Waals surface area contributed by atoms with Crippen LogP contribution in [0.15, 0.2) is 24.3 Å². The van der Waals surface area contributed by atoms with E-state index in [2.05, 4.69) is 41.5 Å². The summed E-state index contributed by atoms with van der Waals surface area (Å²) in [7, 11) is 3.94. The number of hydrogen-bond donors (Lipinski definition) is 1. The lowest BCUT2D eigenvalue weighted by atomic mass is 9.85. The molecule has 0 unspecified atom stereocenters. The monoisotopic (exact) mass is 288 g/mol. The summed E-state index contributed by atoms with van der Waals surface area (Å²) >= 11 is 0. The highest BCUT2D eigenvalue weighted by atomic mass is 16.5. The minimum atomic E-state index is 0.470. The van der Waals surface area contributed by atoms with Gasteiger partial charge in [0, 0.05) is 37.3 Å². The lowest BCUT2D eigenvalue weighted by Crippen LogP contribution is -2.42. The van der Waals surface area contributed by atoms with Gasteiger partial charge in [0.2, 0.25) is 0 Å². The van der Waals surface area contributed by atoms with Gasteiger partial charge in [0.25, 0.3) is 0 Å². The minimum Gasteiger partial charge on any atom is -0.497 e. The fraction of sp³-hybridized carbons (Fsp3) is 0.667. The molecule has 116 valence electrons. The Morgan fingerprint density at radius 3 is 2.43 bits per heavy atom. The smallest absolute Gasteiger partial charge is 0.119 e. The SMILES string of the molecule is COc1ccc(N(C)CC2(CNC3CC3)CCCC2)cc1. The van der Waals surface area contributed by atoms with E-state index in [4.69, 9.17) is 4.74 Å². The van der Waals surface area contributed by atoms with Crippen LogP contribution in [0.3, 0.4) is 0 Å². The molecule has 2 fully saturated rings. The van der Waals surface area contributed by atoms with Crippen LogP contribution in [-0.4, -0.2) is 33.3 Å². The van der Waals surface area contributed by atoms with E-state index in [0.717, 1.165) is 18.3 Å². The number of nitrogens with zero attached hydrogens (tertiary/aromatic N) is 1. The highest BCUT2D eigenvalue weighted by Gasteiger charge is 2.36. The van der Waals surface area contributed by atoms with Crippen molar-refractivity contribution in [1.29, 1.82) is 0 Å². The number of methoxy groups -OCH3 is 1. The van der Waals surface area contributed by atoms with Crippen LogP contribution >= 0.6 is 0 Å². The number of benzene rings is 1. The molecule has 0 amide bonds. The van der Waals surface area contributed by atoms with E-state index in [1.54, 1.807) is 7.11 Å². The summed E-state index contributed by atoms with van der Waals surface area (Å²) in [5, 5.41) is 3.77. The molecule has 3 nitrogen and oxygen atoms in total. The Morgan fingerprint density at radius 2 is 1.86 bits per heavy atom. The Balaban J connectivity index is 1.62. The summed E-state index contributed by atoms with van der Waals surface area (Å²) in [5.41, 5.74) is 1.76. The van der Waals surface area contributed by atoms with E-state index in [1.807, 2.05) is 0 Å². The molecule has 0 bridgehead atoms. The zero-order valence-electron chi connectivity index (χ0n) is 13.4. The summed E-state index contributed by atoms with van der Waals surface area (Å²) in [4.78, 5) is 2.42. The van der Waals surface area contributed by atoms with Crippen LogP contribution in [0.25, 0.3) is 0 Å². The molecular weight excluding hydrogens is 260 g/mol. The number of rotatable bonds is 7. The molecule has 21 heavy (non-hydrogen) atoms. The van der Waals surface area contributed by atoms with Gasteiger partial charge in [0.1, 0.15) is 5.75 Å². The topological polar surface area (TPSA) is 24.5 Å². The summed E-state index contributed by atoms with van der Waals surface area (Å²) in [6.07, 6.45) is 8.28. The van der Waals surface area contributed by atoms with Crippen molar-refractivity contribution in [2.24, 2.45) is 5.41 Å². The van der Waals surface area contributed by atoms with Crippen LogP contribution in [0.5, 0.6) is 5.75 Å². The third kappa shape index (κ3) is 3.70. The Hall–Kier alpha value is -1.22. The Labute approximate surface area is 128 Å². The van der Waals surface area contributed by atoms with Gasteiger partial charge in [-0.05, 0) is 49.9 Å². The van der Waals surface area contributed by atoms with Gasteiger partial charge in [-0.25, -0.2) is 0 Å². The van der Waals surface area contributed by atoms with Crippen LogP contribution in [0.2, 0.25) is 0 Å². The first-order chi connectivity index (χ1) is 10.2. The first kappa shape index (κ1) is 14.7. The quantitative estimate of drug-likeness (QED) is 0.832. The molecule has 0 radical (unpaired) electrons. The maximum atomic E-state index is 5.25. The molecule has 3 rings (SSSR count). The zero-order chi connectivity index (χ0) is 14.7. The third-order valence-electron chi connectivity index (χ3n) is 5.09. The van der Waals surface area contributed by atoms with Crippen LogP contribution in [-0.2, 0) is 0 Å². The highest BCUT2D eigenvalue weighted by Crippen LogP contribution is 2.39. The molecule has 2 aliphatic carbocycles. The third-order valence-corrected chi connectivity index (χ3v) is 5.09. The van der Waals surface area contributed by atoms with Gasteiger partial charge < -0.3 is 15.0 Å². The van der Waals surface area contributed by atoms with Crippen molar-refractivity contribution in [3.8, 4) is 5.75 Å². The standard InChI is InChI=1S/C18H28N2O/c1-20(16-7-9-17(21-2)10-8-16)14-18(11-3-4-12-18)13-19-15-5-6-15/h7-10,15,19H,3-6,11-14H2,1-2H3. The van der Waals surface area contributed by atoms with Gasteiger partial charge in [-0.2, -0.15) is 0 Å². The summed E-state index contributed by atoms with van der Waals surface area (Å²) in [6, 6.07) is 9.24. The van der Waals surface area contributed by atoms with Crippen LogP contribution in [0, 0.1) is 5.41 Å². The van der Waals surface area contributed by atoms with Crippen molar-refractivity contribution < 1.29 is 4.74 Å². The molecular formula is C18H28N2O. The second-order valence-corrected chi connectivity index (χ2v) is 6.92. The molecule has 1 N–H and O–H groups in total. The van der Waals surface area contributed by atoms with E-state index < -0.39 is 0 Å². The first-order valence-electron chi connectivity index (χ1n) is 8.29. The predicted octanol–water partition coefficient (Wildman–Crippen LogP) is 3.44. The van der Waals surface area contributed by atoms with Crippen molar-refractivity contribution >= 4 is 5.69 Å². The second-order valence-electron chi connectivity index (χ2n) is 6.92. The molecule has 2 aliphatic rings. The lowest BCUT2D eigenvalue weighted by Gasteiger charge is -2.35. The van der Waals surface area contributed by atoms with E-state index in [9.17, 15) is 0 Å². The summed E-state index contributed by atoms with van der Waals surface area (Å²) < 4.78 is 5.25. The van der Waals surface area contributed by atoms with Gasteiger partial charge in [-0.15, -0.1) is 0 Å². The van der Waals surface area contributed by atoms with Crippen molar-refractivity contribution in [3.05, 3.63) is 24.3 Å². The number of ether oxygens (including phenoxy) is 1. The molecule has 0 atom stereocenters. The predicted molar refractivity (Wildman–Crippen MR) is 88.2 cm³/mol. The molecule has 0 heterocycles. The van der Waals surface area contributed by atoms with Crippen molar-refractivity contribution in [2.75, 3.05) is 32.1 Å². The number of hydrogen-bond acceptors (Lipinski definition) is 3. The molecule has 0 saturated heterocycles. The molecule has 0 spiro atoms. The average molecular weight is 288 g/mol. The molecule has 0 aromatic heterocycles. The fourth-order valence-electron chi connectivity index (χ4n) is 3.60. The normalized spacial score (nSPS) is 20.5. The molecule has 2 saturated carbocycles. The Morgan fingerprint density at radius 1 is 1.19 bits per heavy atom. The van der Waals surface area contributed by atoms with Gasteiger partial charge in [0.15, 0.2) is 0 Å². The lowest BCUT2D eigenvalue weighted by molar-refractivity contribution is 0.285. The van der Waals surface area contributed by atoms with Gasteiger partial charge in [0.05, 0.1) is 7.11 Å². The molecule has 1 aromatic carbocycles. The van der Waals surface area contributed by atoms with E-state index in [-0.39, 0.29) is 0 Å². The van der Waals surface area contributed by atoms with Crippen LogP contribution < -0.4 is 15.0 Å². The number of nitrogens with one attached hydrogen (secondary N) is 1. The van der Waals surface area contributed by atoms with Crippen molar-refractivity contribution in [3.63, 3.8) is 0 Å². The average Bonchev–Trinajstić information content (AvgIpc) is 3.25. The van der Waals surface area contributed by atoms with Gasteiger partial charge >= 0.3 is 0 Å². The fourth-order valence-corrected chi connectivity index (χ4v) is 3.60. The molecule has 0 aliphatic heterocycles. The first-order valence-corrected chi connectivity index (χ1v) is 8.29. The van der Waals surface area contributed by atoms with Crippen LogP contribution in [0.1, 0.15) is 38.5 Å². The van der Waals surface area contributed by atoms with E-state index in [1.165, 1.54) is 50.8 Å². The largest absolute Gasteiger partial charge is 0.497 e.